The summed E-state index contributed by atoms with van der Waals surface area (Å²) in [4.78, 5) is 22.6. The van der Waals surface area contributed by atoms with Crippen LogP contribution in [0, 0.1) is 5.92 Å². The van der Waals surface area contributed by atoms with Gasteiger partial charge in [0.15, 0.2) is 0 Å². The Hall–Kier alpha value is -1.26. The highest BCUT2D eigenvalue weighted by molar-refractivity contribution is 5.76. The number of amides is 2. The zero-order valence-corrected chi connectivity index (χ0v) is 11.9. The van der Waals surface area contributed by atoms with E-state index in [0.717, 1.165) is 19.3 Å². The van der Waals surface area contributed by atoms with E-state index in [9.17, 15) is 9.59 Å². The first-order valence-electron chi connectivity index (χ1n) is 6.61. The van der Waals surface area contributed by atoms with Crippen molar-refractivity contribution in [1.82, 2.24) is 10.6 Å². The van der Waals surface area contributed by atoms with Gasteiger partial charge in [0.2, 0.25) is 0 Å². The van der Waals surface area contributed by atoms with Crippen LogP contribution in [0.25, 0.3) is 0 Å². The lowest BCUT2D eigenvalue weighted by atomic mass is 9.99. The fourth-order valence-electron chi connectivity index (χ4n) is 1.92. The number of hydrogen-bond acceptors (Lipinski definition) is 2. The van der Waals surface area contributed by atoms with Gasteiger partial charge < -0.3 is 15.7 Å². The van der Waals surface area contributed by atoms with Gasteiger partial charge in [0.05, 0.1) is 5.92 Å². The molecule has 0 aromatic heterocycles. The molecule has 0 aliphatic carbocycles. The van der Waals surface area contributed by atoms with E-state index >= 15 is 0 Å². The molecule has 0 rings (SSSR count). The van der Waals surface area contributed by atoms with Gasteiger partial charge in [0, 0.05) is 12.1 Å². The number of carbonyl (C=O) groups excluding carboxylic acids is 1. The highest BCUT2D eigenvalue weighted by atomic mass is 16.4. The van der Waals surface area contributed by atoms with Gasteiger partial charge in [-0.25, -0.2) is 4.79 Å². The van der Waals surface area contributed by atoms with Gasteiger partial charge in [-0.3, -0.25) is 4.79 Å². The number of nitrogens with one attached hydrogen (secondary N) is 2. The van der Waals surface area contributed by atoms with Crippen molar-refractivity contribution in [1.29, 1.82) is 0 Å². The maximum Gasteiger partial charge on any atom is 0.315 e. The molecule has 5 nitrogen and oxygen atoms in total. The van der Waals surface area contributed by atoms with Crippen molar-refractivity contribution in [2.75, 3.05) is 6.54 Å². The minimum atomic E-state index is -0.857. The second kappa shape index (κ2) is 7.95. The van der Waals surface area contributed by atoms with E-state index in [1.807, 2.05) is 20.8 Å². The van der Waals surface area contributed by atoms with Crippen LogP contribution in [-0.2, 0) is 4.79 Å². The molecule has 5 heteroatoms. The normalized spacial score (nSPS) is 12.9. The number of carboxylic acid groups (broad SMARTS) is 1. The number of rotatable bonds is 8. The van der Waals surface area contributed by atoms with E-state index in [4.69, 9.17) is 5.11 Å². The van der Waals surface area contributed by atoms with E-state index in [1.54, 1.807) is 0 Å². The van der Waals surface area contributed by atoms with Gasteiger partial charge in [-0.1, -0.05) is 26.7 Å². The summed E-state index contributed by atoms with van der Waals surface area (Å²) in [5.74, 6) is -1.36. The van der Waals surface area contributed by atoms with Crippen LogP contribution in [0.4, 0.5) is 4.79 Å². The molecule has 2 amide bonds. The van der Waals surface area contributed by atoms with Gasteiger partial charge >= 0.3 is 12.0 Å². The smallest absolute Gasteiger partial charge is 0.315 e. The van der Waals surface area contributed by atoms with Gasteiger partial charge in [0.25, 0.3) is 0 Å². The Labute approximate surface area is 109 Å². The van der Waals surface area contributed by atoms with Crippen molar-refractivity contribution in [3.8, 4) is 0 Å². The van der Waals surface area contributed by atoms with E-state index < -0.39 is 11.9 Å². The zero-order valence-electron chi connectivity index (χ0n) is 11.9. The maximum absolute atomic E-state index is 11.6. The molecule has 0 aliphatic rings. The quantitative estimate of drug-likeness (QED) is 0.625. The van der Waals surface area contributed by atoms with Crippen molar-refractivity contribution in [3.63, 3.8) is 0 Å². The minimum Gasteiger partial charge on any atom is -0.481 e. The number of aliphatic carboxylic acids is 1. The van der Waals surface area contributed by atoms with Crippen LogP contribution >= 0.6 is 0 Å². The Morgan fingerprint density at radius 3 is 2.28 bits per heavy atom. The third-order valence-corrected chi connectivity index (χ3v) is 2.82. The summed E-state index contributed by atoms with van der Waals surface area (Å²) in [5, 5.41) is 14.4. The summed E-state index contributed by atoms with van der Waals surface area (Å²) in [7, 11) is 0. The fourth-order valence-corrected chi connectivity index (χ4v) is 1.92. The van der Waals surface area contributed by atoms with Crippen molar-refractivity contribution < 1.29 is 14.7 Å². The molecule has 106 valence electrons. The zero-order chi connectivity index (χ0) is 14.2. The van der Waals surface area contributed by atoms with Crippen molar-refractivity contribution >= 4 is 12.0 Å². The molecule has 0 aromatic carbocycles. The van der Waals surface area contributed by atoms with Crippen LogP contribution in [0.15, 0.2) is 0 Å². The Bertz CT molecular complexity index is 277. The summed E-state index contributed by atoms with van der Waals surface area (Å²) < 4.78 is 0. The van der Waals surface area contributed by atoms with Crippen molar-refractivity contribution in [3.05, 3.63) is 0 Å². The second-order valence-electron chi connectivity index (χ2n) is 5.29. The first kappa shape index (κ1) is 16.7. The van der Waals surface area contributed by atoms with Crippen LogP contribution in [0.5, 0.6) is 0 Å². The number of urea groups is 1. The molecule has 0 bridgehead atoms. The Morgan fingerprint density at radius 1 is 1.22 bits per heavy atom. The molecular formula is C13H26N2O3. The molecule has 1 atom stereocenters. The fraction of sp³-hybridized carbons (Fsp3) is 0.846. The molecule has 0 heterocycles. The third-order valence-electron chi connectivity index (χ3n) is 2.82. The number of hydrogen-bond donors (Lipinski definition) is 3. The molecule has 0 fully saturated rings. The average molecular weight is 258 g/mol. The van der Waals surface area contributed by atoms with Crippen LogP contribution < -0.4 is 10.6 Å². The summed E-state index contributed by atoms with van der Waals surface area (Å²) in [6.07, 6.45) is 3.24. The number of carboxylic acids is 1. The van der Waals surface area contributed by atoms with Gasteiger partial charge in [-0.05, 0) is 26.7 Å². The topological polar surface area (TPSA) is 78.4 Å². The predicted molar refractivity (Wildman–Crippen MR) is 71.6 cm³/mol. The van der Waals surface area contributed by atoms with Crippen LogP contribution in [0.1, 0.15) is 53.4 Å². The summed E-state index contributed by atoms with van der Waals surface area (Å²) in [6.45, 7) is 8.08. The lowest BCUT2D eigenvalue weighted by molar-refractivity contribution is -0.141. The average Bonchev–Trinajstić information content (AvgIpc) is 2.22. The van der Waals surface area contributed by atoms with Crippen LogP contribution in [0.3, 0.4) is 0 Å². The molecular weight excluding hydrogens is 232 g/mol. The first-order valence-corrected chi connectivity index (χ1v) is 6.61. The van der Waals surface area contributed by atoms with E-state index in [0.29, 0.717) is 6.42 Å². The second-order valence-corrected chi connectivity index (χ2v) is 5.29. The molecule has 0 aliphatic heterocycles. The molecule has 0 saturated heterocycles. The molecule has 0 saturated carbocycles. The lowest BCUT2D eigenvalue weighted by Gasteiger charge is -2.26. The third kappa shape index (κ3) is 7.14. The van der Waals surface area contributed by atoms with Gasteiger partial charge in [0.1, 0.15) is 0 Å². The Kier molecular flexibility index (Phi) is 7.39. The molecule has 0 spiro atoms. The van der Waals surface area contributed by atoms with Gasteiger partial charge in [-0.15, -0.1) is 0 Å². The lowest BCUT2D eigenvalue weighted by Crippen LogP contribution is -2.49. The SMILES string of the molecule is CCCC(CNC(=O)NC(C)(C)CCC)C(=O)O. The summed E-state index contributed by atoms with van der Waals surface area (Å²) in [6, 6.07) is -0.296. The number of carbonyl (C=O) groups is 2. The monoisotopic (exact) mass is 258 g/mol. The first-order chi connectivity index (χ1) is 8.32. The highest BCUT2D eigenvalue weighted by Gasteiger charge is 2.21. The maximum atomic E-state index is 11.6. The summed E-state index contributed by atoms with van der Waals surface area (Å²) >= 11 is 0. The van der Waals surface area contributed by atoms with Crippen LogP contribution in [0.2, 0.25) is 0 Å². The van der Waals surface area contributed by atoms with Crippen LogP contribution in [-0.4, -0.2) is 29.2 Å². The molecule has 0 radical (unpaired) electrons. The minimum absolute atomic E-state index is 0.178. The summed E-state index contributed by atoms with van der Waals surface area (Å²) in [5.41, 5.74) is -0.262. The van der Waals surface area contributed by atoms with Gasteiger partial charge in [-0.2, -0.15) is 0 Å². The molecule has 0 aromatic rings. The Balaban J connectivity index is 4.12. The molecule has 18 heavy (non-hydrogen) atoms. The van der Waals surface area contributed by atoms with Crippen molar-refractivity contribution in [2.45, 2.75) is 58.9 Å². The standard InChI is InChI=1S/C13H26N2O3/c1-5-7-10(11(16)17)9-14-12(18)15-13(3,4)8-6-2/h10H,5-9H2,1-4H3,(H,16,17)(H2,14,15,18). The predicted octanol–water partition coefficient (Wildman–Crippen LogP) is 2.37. The largest absolute Gasteiger partial charge is 0.481 e. The molecule has 3 N–H and O–H groups in total. The van der Waals surface area contributed by atoms with E-state index in [2.05, 4.69) is 17.6 Å². The Morgan fingerprint density at radius 2 is 1.83 bits per heavy atom. The van der Waals surface area contributed by atoms with Crippen molar-refractivity contribution in [2.24, 2.45) is 5.92 Å². The van der Waals surface area contributed by atoms with E-state index in [-0.39, 0.29) is 18.1 Å². The van der Waals surface area contributed by atoms with E-state index in [1.165, 1.54) is 0 Å². The highest BCUT2D eigenvalue weighted by Crippen LogP contribution is 2.10. The molecule has 1 unspecified atom stereocenters.